The van der Waals surface area contributed by atoms with Gasteiger partial charge in [-0.3, -0.25) is 0 Å². The van der Waals surface area contributed by atoms with E-state index in [0.29, 0.717) is 0 Å². The fraction of sp³-hybridized carbons (Fsp3) is 0.500. The summed E-state index contributed by atoms with van der Waals surface area (Å²) < 4.78 is 9.82. The van der Waals surface area contributed by atoms with Crippen LogP contribution in [0.1, 0.15) is 31.2 Å². The molecule has 0 aliphatic carbocycles. The molecule has 0 aliphatic rings. The number of aryl methyl sites for hydroxylation is 1. The molecule has 0 aromatic carbocycles. The first-order chi connectivity index (χ1) is 14.1. The van der Waals surface area contributed by atoms with Gasteiger partial charge in [-0.2, -0.15) is 0 Å². The summed E-state index contributed by atoms with van der Waals surface area (Å²) in [7, 11) is 0. The first-order valence-electron chi connectivity index (χ1n) is 11.0. The molecule has 0 saturated heterocycles. The maximum absolute atomic E-state index is 6.58. The zero-order valence-electron chi connectivity index (χ0n) is 19.2. The molecule has 0 atom stereocenters. The van der Waals surface area contributed by atoms with Crippen LogP contribution in [0.15, 0.2) is 34.7 Å². The van der Waals surface area contributed by atoms with Crippen LogP contribution in [0.5, 0.6) is 0 Å². The number of thiophene rings is 2. The fourth-order valence-electron chi connectivity index (χ4n) is 3.44. The van der Waals surface area contributed by atoms with E-state index in [1.807, 2.05) is 22.7 Å². The summed E-state index contributed by atoms with van der Waals surface area (Å²) in [6.45, 7) is 0. The quantitative estimate of drug-likeness (QED) is 0.117. The number of furan rings is 1. The molecule has 3 heterocycles. The van der Waals surface area contributed by atoms with E-state index in [-0.39, 0.29) is 0 Å². The van der Waals surface area contributed by atoms with Crippen molar-refractivity contribution < 1.29 is 4.42 Å². The molecule has 0 aliphatic heterocycles. The van der Waals surface area contributed by atoms with Crippen molar-refractivity contribution in [1.82, 2.24) is 0 Å². The molecule has 0 bridgehead atoms. The minimum atomic E-state index is -2.05. The first kappa shape index (κ1) is 25.4. The van der Waals surface area contributed by atoms with Crippen molar-refractivity contribution in [3.8, 4) is 21.3 Å². The zero-order chi connectivity index (χ0) is 21.9. The predicted octanol–water partition coefficient (Wildman–Crippen LogP) is 8.32. The van der Waals surface area contributed by atoms with Crippen LogP contribution < -0.4 is 5.79 Å². The van der Waals surface area contributed by atoms with Gasteiger partial charge >= 0.3 is 210 Å². The van der Waals surface area contributed by atoms with Crippen LogP contribution in [0.3, 0.4) is 0 Å². The Labute approximate surface area is 207 Å². The average molecular weight is 721 g/mol. The van der Waals surface area contributed by atoms with Crippen LogP contribution >= 0.6 is 38.6 Å². The second-order valence-corrected chi connectivity index (χ2v) is 43.9. The van der Waals surface area contributed by atoms with E-state index in [1.54, 1.807) is 5.79 Å². The molecule has 0 spiro atoms. The van der Waals surface area contributed by atoms with E-state index in [1.165, 1.54) is 41.0 Å². The summed E-state index contributed by atoms with van der Waals surface area (Å²) in [6, 6.07) is 11.7. The Morgan fingerprint density at radius 3 is 1.90 bits per heavy atom. The first-order valence-corrected chi connectivity index (χ1v) is 33.7. The molecular formula is C24H35BrOS2Sn2. The van der Waals surface area contributed by atoms with Crippen LogP contribution in [-0.2, 0) is 6.42 Å². The van der Waals surface area contributed by atoms with Crippen molar-refractivity contribution in [2.75, 3.05) is 5.33 Å². The predicted molar refractivity (Wildman–Crippen MR) is 147 cm³/mol. The molecule has 0 amide bonds. The number of unbranched alkanes of at least 4 members (excludes halogenated alkanes) is 3. The van der Waals surface area contributed by atoms with E-state index >= 15 is 0 Å². The Morgan fingerprint density at radius 2 is 1.33 bits per heavy atom. The zero-order valence-corrected chi connectivity index (χ0v) is 28.2. The molecule has 0 radical (unpaired) electrons. The molecule has 0 N–H and O–H groups in total. The Balaban J connectivity index is 1.91. The van der Waals surface area contributed by atoms with Gasteiger partial charge in [-0.25, -0.2) is 0 Å². The van der Waals surface area contributed by atoms with Crippen molar-refractivity contribution in [3.63, 3.8) is 0 Å². The topological polar surface area (TPSA) is 13.1 Å². The van der Waals surface area contributed by atoms with E-state index in [2.05, 4.69) is 75.9 Å². The van der Waals surface area contributed by atoms with Crippen LogP contribution in [0.25, 0.3) is 21.3 Å². The Morgan fingerprint density at radius 1 is 0.767 bits per heavy atom. The summed E-state index contributed by atoms with van der Waals surface area (Å²) in [5.74, 6) is 2.20. The van der Waals surface area contributed by atoms with Gasteiger partial charge in [0.05, 0.1) is 0 Å². The van der Waals surface area contributed by atoms with E-state index < -0.39 is 36.8 Å². The maximum atomic E-state index is 6.58. The van der Waals surface area contributed by atoms with Gasteiger partial charge in [-0.1, -0.05) is 0 Å². The van der Waals surface area contributed by atoms with E-state index in [0.717, 1.165) is 23.3 Å². The molecule has 3 aromatic heterocycles. The molecule has 6 heteroatoms. The minimum absolute atomic E-state index is 1.07. The Hall–Kier alpha value is 0.757. The van der Waals surface area contributed by atoms with E-state index in [4.69, 9.17) is 4.42 Å². The Bertz CT molecular complexity index is 957. The standard InChI is InChI=1S/C18H17BrOS2.6CH3.2Sn/c19-10-4-2-1-3-7-14-13-15(16-8-5-11-21-16)20-18(14)17-9-6-12-22-17;;;;;;;;/h5-6,8-9,13H,1-4,7,10H2;6*1H3;;. The second-order valence-electron chi connectivity index (χ2n) is 10.1. The van der Waals surface area contributed by atoms with Gasteiger partial charge in [0.25, 0.3) is 0 Å². The third-order valence-corrected chi connectivity index (χ3v) is 27.0. The van der Waals surface area contributed by atoms with Gasteiger partial charge in [0.2, 0.25) is 0 Å². The van der Waals surface area contributed by atoms with Gasteiger partial charge in [-0.15, -0.1) is 0 Å². The molecular weight excluding hydrogens is 686 g/mol. The summed E-state index contributed by atoms with van der Waals surface area (Å²) in [5.41, 5.74) is 1.40. The number of hydrogen-bond donors (Lipinski definition) is 0. The van der Waals surface area contributed by atoms with Crippen molar-refractivity contribution in [3.05, 3.63) is 35.9 Å². The number of alkyl halides is 1. The van der Waals surface area contributed by atoms with Crippen molar-refractivity contribution >= 4 is 81.1 Å². The molecule has 0 fully saturated rings. The summed E-state index contributed by atoms with van der Waals surface area (Å²) >= 11 is 3.40. The van der Waals surface area contributed by atoms with Gasteiger partial charge < -0.3 is 0 Å². The molecule has 30 heavy (non-hydrogen) atoms. The third kappa shape index (κ3) is 6.64. The van der Waals surface area contributed by atoms with Crippen LogP contribution in [0.2, 0.25) is 29.6 Å². The number of rotatable bonds is 10. The Kier molecular flexibility index (Phi) is 9.13. The van der Waals surface area contributed by atoms with Crippen molar-refractivity contribution in [2.24, 2.45) is 0 Å². The molecule has 0 unspecified atom stereocenters. The molecule has 1 nitrogen and oxygen atoms in total. The van der Waals surface area contributed by atoms with Crippen molar-refractivity contribution in [1.29, 1.82) is 0 Å². The third-order valence-electron chi connectivity index (χ3n) is 5.30. The van der Waals surface area contributed by atoms with Crippen LogP contribution in [0, 0.1) is 0 Å². The SMILES string of the molecule is [CH3][Sn]([CH3])([CH3])[c]1ccc(-c2cc(CCCCCCBr)c(-c3cc[c]([Sn]([CH3])([CH3])[CH3])s3)o2)s1. The second kappa shape index (κ2) is 10.8. The number of hydrogen-bond acceptors (Lipinski definition) is 3. The van der Waals surface area contributed by atoms with Crippen LogP contribution in [-0.4, -0.2) is 42.1 Å². The summed E-state index contributed by atoms with van der Waals surface area (Å²) in [6.07, 6.45) is 6.22. The van der Waals surface area contributed by atoms with Crippen molar-refractivity contribution in [2.45, 2.75) is 61.7 Å². The normalized spacial score (nSPS) is 12.6. The molecule has 0 saturated carbocycles. The van der Waals surface area contributed by atoms with E-state index in [9.17, 15) is 0 Å². The summed E-state index contributed by atoms with van der Waals surface area (Å²) in [5, 5.41) is 1.12. The monoisotopic (exact) mass is 722 g/mol. The van der Waals surface area contributed by atoms with Gasteiger partial charge in [0, 0.05) is 0 Å². The molecule has 164 valence electrons. The van der Waals surface area contributed by atoms with Crippen LogP contribution in [0.4, 0.5) is 0 Å². The average Bonchev–Trinajstić information content (AvgIpc) is 3.38. The summed E-state index contributed by atoms with van der Waals surface area (Å²) in [4.78, 5) is 17.6. The van der Waals surface area contributed by atoms with Gasteiger partial charge in [-0.05, 0) is 0 Å². The van der Waals surface area contributed by atoms with Gasteiger partial charge in [0.15, 0.2) is 0 Å². The molecule has 3 rings (SSSR count). The molecule has 3 aromatic rings. The fourth-order valence-corrected chi connectivity index (χ4v) is 16.4. The van der Waals surface area contributed by atoms with Gasteiger partial charge in [0.1, 0.15) is 0 Å². The number of halogens is 1.